The van der Waals surface area contributed by atoms with Crippen LogP contribution in [0.15, 0.2) is 9.59 Å². The number of hydrogen-bond acceptors (Lipinski definition) is 3. The fraction of sp³-hybridized carbons (Fsp3) is 0.444. The van der Waals surface area contributed by atoms with Gasteiger partial charge < -0.3 is 4.98 Å². The third kappa shape index (κ3) is 1.85. The van der Waals surface area contributed by atoms with Gasteiger partial charge in [0.2, 0.25) is 0 Å². The molecule has 0 saturated heterocycles. The average Bonchev–Trinajstić information content (AvgIpc) is 2.69. The lowest BCUT2D eigenvalue weighted by atomic mass is 10.4. The lowest BCUT2D eigenvalue weighted by Crippen LogP contribution is -2.30. The second-order valence-corrected chi connectivity index (χ2v) is 3.53. The van der Waals surface area contributed by atoms with Crippen molar-refractivity contribution >= 4 is 11.2 Å². The summed E-state index contributed by atoms with van der Waals surface area (Å²) >= 11 is 0. The van der Waals surface area contributed by atoms with Gasteiger partial charge in [0.15, 0.2) is 11.5 Å². The van der Waals surface area contributed by atoms with Crippen molar-refractivity contribution in [3.63, 3.8) is 0 Å². The normalized spacial score (nSPS) is 11.5. The van der Waals surface area contributed by atoms with Crippen molar-refractivity contribution in [2.75, 3.05) is 0 Å². The van der Waals surface area contributed by atoms with Crippen LogP contribution in [0.2, 0.25) is 0 Å². The Bertz CT molecular complexity index is 655. The maximum absolute atomic E-state index is 12.5. The molecule has 2 aromatic rings. The third-order valence-electron chi connectivity index (χ3n) is 2.31. The fourth-order valence-electron chi connectivity index (χ4n) is 1.59. The number of nitrogens with one attached hydrogen (secondary N) is 2. The Balaban J connectivity index is 2.80. The first-order valence-corrected chi connectivity index (χ1v) is 5.05. The first-order chi connectivity index (χ1) is 8.04. The van der Waals surface area contributed by atoms with E-state index in [1.165, 1.54) is 4.57 Å². The summed E-state index contributed by atoms with van der Waals surface area (Å²) in [5, 5.41) is 0. The van der Waals surface area contributed by atoms with E-state index in [1.807, 2.05) is 6.92 Å². The van der Waals surface area contributed by atoms with Crippen molar-refractivity contribution in [2.24, 2.45) is 0 Å². The van der Waals surface area contributed by atoms with Crippen LogP contribution in [0, 0.1) is 0 Å². The highest BCUT2D eigenvalue weighted by atomic mass is 19.3. The number of H-pyrrole nitrogens is 2. The van der Waals surface area contributed by atoms with Gasteiger partial charge in [0.25, 0.3) is 12.0 Å². The third-order valence-corrected chi connectivity index (χ3v) is 2.31. The summed E-state index contributed by atoms with van der Waals surface area (Å²) in [4.78, 5) is 30.8. The number of rotatable bonds is 3. The quantitative estimate of drug-likeness (QED) is 0.836. The van der Waals surface area contributed by atoms with Gasteiger partial charge in [-0.2, -0.15) is 0 Å². The van der Waals surface area contributed by atoms with Gasteiger partial charge in [-0.3, -0.25) is 14.3 Å². The van der Waals surface area contributed by atoms with Gasteiger partial charge >= 0.3 is 5.69 Å². The monoisotopic (exact) mass is 244 g/mol. The molecule has 0 aliphatic carbocycles. The summed E-state index contributed by atoms with van der Waals surface area (Å²) in [6.07, 6.45) is -2.19. The van der Waals surface area contributed by atoms with Crippen molar-refractivity contribution in [1.82, 2.24) is 19.5 Å². The summed E-state index contributed by atoms with van der Waals surface area (Å²) < 4.78 is 26.1. The zero-order valence-corrected chi connectivity index (χ0v) is 8.96. The topological polar surface area (TPSA) is 83.5 Å². The SMILES string of the molecule is CCCn1c(=O)[nH]c(=O)c2[nH]c(C(F)F)nc21. The Morgan fingerprint density at radius 1 is 1.35 bits per heavy atom. The highest BCUT2D eigenvalue weighted by Gasteiger charge is 2.17. The molecule has 2 rings (SSSR count). The molecule has 0 spiro atoms. The predicted octanol–water partition coefficient (Wildman–Crippen LogP) is 0.760. The van der Waals surface area contributed by atoms with Crippen molar-refractivity contribution in [1.29, 1.82) is 0 Å². The van der Waals surface area contributed by atoms with E-state index in [0.717, 1.165) is 0 Å². The predicted molar refractivity (Wildman–Crippen MR) is 56.2 cm³/mol. The first kappa shape index (κ1) is 11.5. The molecule has 0 atom stereocenters. The number of alkyl halides is 2. The molecule has 17 heavy (non-hydrogen) atoms. The Kier molecular flexibility index (Phi) is 2.78. The Morgan fingerprint density at radius 2 is 2.06 bits per heavy atom. The highest BCUT2D eigenvalue weighted by Crippen LogP contribution is 2.16. The second kappa shape index (κ2) is 4.11. The summed E-state index contributed by atoms with van der Waals surface area (Å²) in [5.74, 6) is -0.610. The Morgan fingerprint density at radius 3 is 2.65 bits per heavy atom. The van der Waals surface area contributed by atoms with E-state index in [4.69, 9.17) is 0 Å². The summed E-state index contributed by atoms with van der Waals surface area (Å²) in [6, 6.07) is 0. The van der Waals surface area contributed by atoms with Crippen LogP contribution in [0.1, 0.15) is 25.6 Å². The number of halogens is 2. The first-order valence-electron chi connectivity index (χ1n) is 5.05. The molecule has 8 heteroatoms. The van der Waals surface area contributed by atoms with E-state index in [-0.39, 0.29) is 11.2 Å². The second-order valence-electron chi connectivity index (χ2n) is 3.53. The average molecular weight is 244 g/mol. The largest absolute Gasteiger partial charge is 0.331 e. The van der Waals surface area contributed by atoms with Gasteiger partial charge in [-0.05, 0) is 6.42 Å². The van der Waals surface area contributed by atoms with E-state index < -0.39 is 23.5 Å². The van der Waals surface area contributed by atoms with Crippen LogP contribution in [0.5, 0.6) is 0 Å². The van der Waals surface area contributed by atoms with E-state index in [9.17, 15) is 18.4 Å². The van der Waals surface area contributed by atoms with E-state index >= 15 is 0 Å². The van der Waals surface area contributed by atoms with Crippen LogP contribution < -0.4 is 11.2 Å². The Hall–Kier alpha value is -1.99. The standard InChI is InChI=1S/C9H10F2N4O2/c1-2-3-15-7-4(8(16)14-9(15)17)12-6(13-7)5(10)11/h5H,2-3H2,1H3,(H,12,13)(H,14,16,17). The molecule has 0 saturated carbocycles. The van der Waals surface area contributed by atoms with Gasteiger partial charge in [0.05, 0.1) is 0 Å². The number of nitrogens with zero attached hydrogens (tertiary/aromatic N) is 2. The van der Waals surface area contributed by atoms with Gasteiger partial charge in [0.1, 0.15) is 5.52 Å². The van der Waals surface area contributed by atoms with Gasteiger partial charge in [-0.25, -0.2) is 18.6 Å². The van der Waals surface area contributed by atoms with Gasteiger partial charge in [0, 0.05) is 6.54 Å². The molecular formula is C9H10F2N4O2. The number of fused-ring (bicyclic) bond motifs is 1. The molecule has 0 unspecified atom stereocenters. The Labute approximate surface area is 93.3 Å². The number of aryl methyl sites for hydroxylation is 1. The fourth-order valence-corrected chi connectivity index (χ4v) is 1.59. The molecule has 0 aromatic carbocycles. The maximum Gasteiger partial charge on any atom is 0.330 e. The molecular weight excluding hydrogens is 234 g/mol. The number of aromatic amines is 2. The van der Waals surface area contributed by atoms with Crippen LogP contribution in [-0.4, -0.2) is 19.5 Å². The molecule has 2 aromatic heterocycles. The number of aromatic nitrogens is 4. The zero-order chi connectivity index (χ0) is 12.6. The van der Waals surface area contributed by atoms with E-state index in [2.05, 4.69) is 15.0 Å². The molecule has 0 aliphatic rings. The molecule has 2 N–H and O–H groups in total. The molecule has 92 valence electrons. The van der Waals surface area contributed by atoms with Crippen molar-refractivity contribution in [3.8, 4) is 0 Å². The van der Waals surface area contributed by atoms with Crippen molar-refractivity contribution in [3.05, 3.63) is 26.7 Å². The molecule has 0 fully saturated rings. The van der Waals surface area contributed by atoms with E-state index in [0.29, 0.717) is 13.0 Å². The molecule has 0 bridgehead atoms. The lowest BCUT2D eigenvalue weighted by Gasteiger charge is -2.02. The number of imidazole rings is 1. The molecule has 0 radical (unpaired) electrons. The van der Waals surface area contributed by atoms with Crippen LogP contribution >= 0.6 is 0 Å². The van der Waals surface area contributed by atoms with Gasteiger partial charge in [-0.15, -0.1) is 0 Å². The molecule has 2 heterocycles. The lowest BCUT2D eigenvalue weighted by molar-refractivity contribution is 0.142. The summed E-state index contributed by atoms with van der Waals surface area (Å²) in [6.45, 7) is 2.13. The highest BCUT2D eigenvalue weighted by molar-refractivity contribution is 5.69. The number of hydrogen-bond donors (Lipinski definition) is 2. The van der Waals surface area contributed by atoms with E-state index in [1.54, 1.807) is 0 Å². The zero-order valence-electron chi connectivity index (χ0n) is 8.96. The van der Waals surface area contributed by atoms with Crippen molar-refractivity contribution < 1.29 is 8.78 Å². The summed E-state index contributed by atoms with van der Waals surface area (Å²) in [5.41, 5.74) is -1.52. The molecule has 6 nitrogen and oxygen atoms in total. The summed E-state index contributed by atoms with van der Waals surface area (Å²) in [7, 11) is 0. The minimum atomic E-state index is -2.81. The maximum atomic E-state index is 12.5. The molecule has 0 amide bonds. The van der Waals surface area contributed by atoms with Crippen LogP contribution in [0.4, 0.5) is 8.78 Å². The smallest absolute Gasteiger partial charge is 0.330 e. The van der Waals surface area contributed by atoms with Crippen LogP contribution in [0.25, 0.3) is 11.2 Å². The van der Waals surface area contributed by atoms with Crippen LogP contribution in [-0.2, 0) is 6.54 Å². The van der Waals surface area contributed by atoms with Crippen LogP contribution in [0.3, 0.4) is 0 Å². The minimum absolute atomic E-state index is 0.0316. The van der Waals surface area contributed by atoms with Crippen molar-refractivity contribution in [2.45, 2.75) is 26.3 Å². The minimum Gasteiger partial charge on any atom is -0.331 e. The van der Waals surface area contributed by atoms with Gasteiger partial charge in [-0.1, -0.05) is 6.92 Å². The molecule has 0 aliphatic heterocycles.